The number of amides is 1. The number of fused-ring (bicyclic) bond motifs is 3. The zero-order chi connectivity index (χ0) is 24.7. The molecule has 3 heterocycles. The summed E-state index contributed by atoms with van der Waals surface area (Å²) >= 11 is 7.50. The number of benzene rings is 2. The summed E-state index contributed by atoms with van der Waals surface area (Å²) in [5, 5.41) is 0.980. The van der Waals surface area contributed by atoms with E-state index in [1.165, 1.54) is 35.6 Å². The van der Waals surface area contributed by atoms with Gasteiger partial charge in [0.25, 0.3) is 5.56 Å². The lowest BCUT2D eigenvalue weighted by Gasteiger charge is -2.25. The second-order valence-electron chi connectivity index (χ2n) is 8.17. The Morgan fingerprint density at radius 2 is 1.94 bits per heavy atom. The topological polar surface area (TPSA) is 73.5 Å². The largest absolute Gasteiger partial charge is 0.450 e. The molecular formula is C25H21ClFN3O4S. The lowest BCUT2D eigenvalue weighted by molar-refractivity contribution is 0.103. The van der Waals surface area contributed by atoms with E-state index in [1.807, 2.05) is 6.07 Å². The summed E-state index contributed by atoms with van der Waals surface area (Å²) in [4.78, 5) is 42.6. The third-order valence-electron chi connectivity index (χ3n) is 5.96. The number of ether oxygens (including phenoxy) is 1. The van der Waals surface area contributed by atoms with Crippen molar-refractivity contribution in [2.75, 3.05) is 13.2 Å². The first kappa shape index (κ1) is 23.3. The van der Waals surface area contributed by atoms with Crippen LogP contribution in [0.15, 0.2) is 58.1 Å². The molecule has 1 aliphatic rings. The van der Waals surface area contributed by atoms with Crippen LogP contribution in [0.5, 0.6) is 0 Å². The van der Waals surface area contributed by atoms with Gasteiger partial charge in [0.2, 0.25) is 0 Å². The second kappa shape index (κ2) is 9.31. The van der Waals surface area contributed by atoms with Crippen molar-refractivity contribution in [1.82, 2.24) is 14.0 Å². The third-order valence-corrected chi connectivity index (χ3v) is 7.44. The Morgan fingerprint density at radius 3 is 2.66 bits per heavy atom. The summed E-state index contributed by atoms with van der Waals surface area (Å²) in [5.74, 6) is -0.464. The molecule has 4 aromatic rings. The summed E-state index contributed by atoms with van der Waals surface area (Å²) in [5.41, 5.74) is 0.916. The normalized spacial score (nSPS) is 13.2. The zero-order valence-electron chi connectivity index (χ0n) is 18.8. The minimum atomic E-state index is -0.532. The molecule has 0 saturated carbocycles. The maximum atomic E-state index is 13.7. The standard InChI is InChI=1S/C25H21ClFN3O4S/c1-2-34-25(33)28-11-10-19-20(14-28)35-23-21(19)22(31)30(18-8-6-17(27)7-9-18)24(32)29(23)13-15-4-3-5-16(26)12-15/h3-9,12H,2,10-11,13-14H2,1H3. The fourth-order valence-electron chi connectivity index (χ4n) is 4.35. The number of carbonyl (C=O) groups is 1. The molecule has 35 heavy (non-hydrogen) atoms. The third kappa shape index (κ3) is 4.26. The average molecular weight is 514 g/mol. The summed E-state index contributed by atoms with van der Waals surface area (Å²) in [6.45, 7) is 2.92. The van der Waals surface area contributed by atoms with Gasteiger partial charge in [-0.2, -0.15) is 0 Å². The molecule has 0 N–H and O–H groups in total. The van der Waals surface area contributed by atoms with E-state index >= 15 is 0 Å². The van der Waals surface area contributed by atoms with E-state index in [2.05, 4.69) is 0 Å². The molecule has 0 atom stereocenters. The summed E-state index contributed by atoms with van der Waals surface area (Å²) in [6, 6.07) is 12.4. The highest BCUT2D eigenvalue weighted by Gasteiger charge is 2.29. The van der Waals surface area contributed by atoms with Crippen LogP contribution in [-0.2, 0) is 24.2 Å². The highest BCUT2D eigenvalue weighted by molar-refractivity contribution is 7.18. The van der Waals surface area contributed by atoms with Crippen molar-refractivity contribution < 1.29 is 13.9 Å². The minimum absolute atomic E-state index is 0.193. The van der Waals surface area contributed by atoms with E-state index in [9.17, 15) is 18.8 Å². The first-order valence-electron chi connectivity index (χ1n) is 11.1. The Morgan fingerprint density at radius 1 is 1.17 bits per heavy atom. The van der Waals surface area contributed by atoms with Crippen molar-refractivity contribution in [3.63, 3.8) is 0 Å². The molecule has 2 aromatic heterocycles. The molecule has 0 bridgehead atoms. The van der Waals surface area contributed by atoms with Crippen LogP contribution in [0.3, 0.4) is 0 Å². The minimum Gasteiger partial charge on any atom is -0.450 e. The Kier molecular flexibility index (Phi) is 6.21. The van der Waals surface area contributed by atoms with Gasteiger partial charge in [-0.25, -0.2) is 18.5 Å². The van der Waals surface area contributed by atoms with Gasteiger partial charge < -0.3 is 9.64 Å². The molecule has 10 heteroatoms. The predicted molar refractivity (Wildman–Crippen MR) is 133 cm³/mol. The fraction of sp³-hybridized carbons (Fsp3) is 0.240. The lowest BCUT2D eigenvalue weighted by Crippen LogP contribution is -2.39. The van der Waals surface area contributed by atoms with Crippen LogP contribution >= 0.6 is 22.9 Å². The molecule has 0 unspecified atom stereocenters. The van der Waals surface area contributed by atoms with Gasteiger partial charge in [-0.15, -0.1) is 11.3 Å². The smallest absolute Gasteiger partial charge is 0.410 e. The monoisotopic (exact) mass is 513 g/mol. The van der Waals surface area contributed by atoms with Crippen LogP contribution in [0.25, 0.3) is 15.9 Å². The quantitative estimate of drug-likeness (QED) is 0.401. The molecule has 1 amide bonds. The van der Waals surface area contributed by atoms with Crippen molar-refractivity contribution in [2.24, 2.45) is 0 Å². The van der Waals surface area contributed by atoms with Gasteiger partial charge in [-0.3, -0.25) is 9.36 Å². The van der Waals surface area contributed by atoms with Crippen molar-refractivity contribution in [3.05, 3.63) is 96.2 Å². The highest BCUT2D eigenvalue weighted by atomic mass is 35.5. The maximum Gasteiger partial charge on any atom is 0.410 e. The molecule has 2 aromatic carbocycles. The van der Waals surface area contributed by atoms with Gasteiger partial charge >= 0.3 is 11.8 Å². The van der Waals surface area contributed by atoms with Crippen molar-refractivity contribution in [3.8, 4) is 5.69 Å². The van der Waals surface area contributed by atoms with Crippen LogP contribution in [0, 0.1) is 5.82 Å². The maximum absolute atomic E-state index is 13.7. The molecule has 5 rings (SSSR count). The molecule has 0 fully saturated rings. The number of thiophene rings is 1. The second-order valence-corrected chi connectivity index (χ2v) is 9.69. The van der Waals surface area contributed by atoms with E-state index in [1.54, 1.807) is 34.6 Å². The predicted octanol–water partition coefficient (Wildman–Crippen LogP) is 4.57. The van der Waals surface area contributed by atoms with Gasteiger partial charge in [0.05, 0.1) is 30.8 Å². The van der Waals surface area contributed by atoms with Crippen molar-refractivity contribution in [1.29, 1.82) is 0 Å². The highest BCUT2D eigenvalue weighted by Crippen LogP contribution is 2.33. The van der Waals surface area contributed by atoms with Crippen LogP contribution < -0.4 is 11.2 Å². The average Bonchev–Trinajstić information content (AvgIpc) is 3.22. The SMILES string of the molecule is CCOC(=O)N1CCc2c(sc3c2c(=O)n(-c2ccc(F)cc2)c(=O)n3Cc2cccc(Cl)c2)C1. The molecule has 0 aliphatic carbocycles. The van der Waals surface area contributed by atoms with E-state index in [4.69, 9.17) is 16.3 Å². The summed E-state index contributed by atoms with van der Waals surface area (Å²) in [7, 11) is 0. The van der Waals surface area contributed by atoms with Crippen LogP contribution in [0.4, 0.5) is 9.18 Å². The molecule has 180 valence electrons. The number of nitrogens with zero attached hydrogens (tertiary/aromatic N) is 3. The van der Waals surface area contributed by atoms with Crippen molar-refractivity contribution in [2.45, 2.75) is 26.4 Å². The lowest BCUT2D eigenvalue weighted by atomic mass is 10.1. The first-order chi connectivity index (χ1) is 16.9. The molecule has 1 aliphatic heterocycles. The van der Waals surface area contributed by atoms with Crippen LogP contribution in [-0.4, -0.2) is 33.3 Å². The Balaban J connectivity index is 1.73. The molecule has 0 spiro atoms. The van der Waals surface area contributed by atoms with Crippen LogP contribution in [0.1, 0.15) is 22.9 Å². The Bertz CT molecular complexity index is 1560. The zero-order valence-corrected chi connectivity index (χ0v) is 20.4. The van der Waals surface area contributed by atoms with Crippen molar-refractivity contribution >= 4 is 39.2 Å². The van der Waals surface area contributed by atoms with E-state index in [0.29, 0.717) is 34.7 Å². The van der Waals surface area contributed by atoms with Gasteiger partial charge in [-0.05, 0) is 60.9 Å². The molecule has 7 nitrogen and oxygen atoms in total. The van der Waals surface area contributed by atoms with E-state index in [-0.39, 0.29) is 18.8 Å². The van der Waals surface area contributed by atoms with Crippen LogP contribution in [0.2, 0.25) is 5.02 Å². The Labute approximate surface area is 208 Å². The number of aromatic nitrogens is 2. The molecule has 0 radical (unpaired) electrons. The number of hydrogen-bond acceptors (Lipinski definition) is 5. The Hall–Kier alpha value is -3.43. The van der Waals surface area contributed by atoms with E-state index < -0.39 is 23.2 Å². The first-order valence-corrected chi connectivity index (χ1v) is 12.3. The number of carbonyl (C=O) groups excluding carboxylic acids is 1. The molecule has 0 saturated heterocycles. The van der Waals surface area contributed by atoms with E-state index in [0.717, 1.165) is 20.6 Å². The number of hydrogen-bond donors (Lipinski definition) is 0. The van der Waals surface area contributed by atoms with Gasteiger partial charge in [0.1, 0.15) is 10.6 Å². The fourth-order valence-corrected chi connectivity index (χ4v) is 5.91. The summed E-state index contributed by atoms with van der Waals surface area (Å²) < 4.78 is 21.3. The van der Waals surface area contributed by atoms with Gasteiger partial charge in [0, 0.05) is 16.4 Å². The van der Waals surface area contributed by atoms with Gasteiger partial charge in [0.15, 0.2) is 0 Å². The number of halogens is 2. The number of rotatable bonds is 4. The van der Waals surface area contributed by atoms with Gasteiger partial charge in [-0.1, -0.05) is 23.7 Å². The summed E-state index contributed by atoms with van der Waals surface area (Å²) in [6.07, 6.45) is 0.0537. The molecular weight excluding hydrogens is 493 g/mol.